The number of thiophene rings is 1. The third kappa shape index (κ3) is 4.39. The highest BCUT2D eigenvalue weighted by Gasteiger charge is 2.04. The van der Waals surface area contributed by atoms with E-state index in [0.29, 0.717) is 30.5 Å². The molecule has 0 amide bonds. The van der Waals surface area contributed by atoms with E-state index in [0.717, 1.165) is 5.56 Å². The van der Waals surface area contributed by atoms with Crippen LogP contribution in [0.25, 0.3) is 0 Å². The highest BCUT2D eigenvalue weighted by molar-refractivity contribution is 7.11. The average molecular weight is 319 g/mol. The minimum Gasteiger partial charge on any atom is -0.493 e. The van der Waals surface area contributed by atoms with E-state index in [1.54, 1.807) is 25.6 Å². The summed E-state index contributed by atoms with van der Waals surface area (Å²) >= 11 is 1.75. The van der Waals surface area contributed by atoms with E-state index in [-0.39, 0.29) is 0 Å². The van der Waals surface area contributed by atoms with Gasteiger partial charge in [-0.15, -0.1) is 11.3 Å². The average Bonchev–Trinajstić information content (AvgIpc) is 2.96. The molecule has 0 fully saturated rings. The van der Waals surface area contributed by atoms with Crippen molar-refractivity contribution in [1.82, 2.24) is 5.32 Å². The van der Waals surface area contributed by atoms with Gasteiger partial charge in [0.05, 0.1) is 27.3 Å². The van der Waals surface area contributed by atoms with Gasteiger partial charge in [-0.05, 0) is 36.8 Å². The largest absolute Gasteiger partial charge is 0.493 e. The summed E-state index contributed by atoms with van der Waals surface area (Å²) in [6, 6.07) is 9.90. The highest BCUT2D eigenvalue weighted by Crippen LogP contribution is 2.27. The molecule has 3 N–H and O–H groups in total. The lowest BCUT2D eigenvalue weighted by Gasteiger charge is -2.09. The quantitative estimate of drug-likeness (QED) is 0.634. The van der Waals surface area contributed by atoms with Gasteiger partial charge in [0.25, 0.3) is 0 Å². The van der Waals surface area contributed by atoms with Crippen molar-refractivity contribution in [2.45, 2.75) is 20.0 Å². The van der Waals surface area contributed by atoms with Crippen LogP contribution in [0.3, 0.4) is 0 Å². The van der Waals surface area contributed by atoms with Gasteiger partial charge in [-0.1, -0.05) is 6.07 Å². The molecule has 0 aliphatic heterocycles. The number of ether oxygens (including phenoxy) is 2. The van der Waals surface area contributed by atoms with Gasteiger partial charge in [-0.25, -0.2) is 4.99 Å². The van der Waals surface area contributed by atoms with Crippen LogP contribution in [-0.2, 0) is 13.1 Å². The van der Waals surface area contributed by atoms with Crippen LogP contribution in [0.5, 0.6) is 11.5 Å². The number of aliphatic imine (C=N–C) groups is 1. The number of hydrogen-bond acceptors (Lipinski definition) is 4. The predicted octanol–water partition coefficient (Wildman–Crippen LogP) is 2.68. The third-order valence-corrected chi connectivity index (χ3v) is 4.12. The van der Waals surface area contributed by atoms with E-state index in [1.807, 2.05) is 18.2 Å². The number of nitrogens with one attached hydrogen (secondary N) is 1. The Kier molecular flexibility index (Phi) is 5.66. The molecule has 0 saturated carbocycles. The van der Waals surface area contributed by atoms with Gasteiger partial charge in [-0.3, -0.25) is 0 Å². The molecular weight excluding hydrogens is 298 g/mol. The molecule has 0 spiro atoms. The number of hydrogen-bond donors (Lipinski definition) is 2. The molecule has 5 nitrogen and oxygen atoms in total. The van der Waals surface area contributed by atoms with Gasteiger partial charge < -0.3 is 20.5 Å². The van der Waals surface area contributed by atoms with Crippen LogP contribution in [-0.4, -0.2) is 20.2 Å². The molecule has 0 aliphatic carbocycles. The van der Waals surface area contributed by atoms with Crippen molar-refractivity contribution in [2.75, 3.05) is 14.2 Å². The normalized spacial score (nSPS) is 11.3. The first-order valence-corrected chi connectivity index (χ1v) is 7.74. The second kappa shape index (κ2) is 7.70. The van der Waals surface area contributed by atoms with Crippen molar-refractivity contribution in [2.24, 2.45) is 10.7 Å². The Morgan fingerprint density at radius 2 is 1.95 bits per heavy atom. The van der Waals surface area contributed by atoms with E-state index < -0.39 is 0 Å². The summed E-state index contributed by atoms with van der Waals surface area (Å²) in [7, 11) is 3.23. The molecule has 0 unspecified atom stereocenters. The molecule has 2 aromatic rings. The Hall–Kier alpha value is -2.21. The predicted molar refractivity (Wildman–Crippen MR) is 90.8 cm³/mol. The molecule has 0 bridgehead atoms. The lowest BCUT2D eigenvalue weighted by molar-refractivity contribution is 0.354. The van der Waals surface area contributed by atoms with Crippen molar-refractivity contribution < 1.29 is 9.47 Å². The van der Waals surface area contributed by atoms with E-state index in [2.05, 4.69) is 29.4 Å². The number of nitrogens with zero attached hydrogens (tertiary/aromatic N) is 1. The van der Waals surface area contributed by atoms with Crippen LogP contribution in [0, 0.1) is 6.92 Å². The molecule has 0 radical (unpaired) electrons. The first-order chi connectivity index (χ1) is 10.6. The molecule has 1 heterocycles. The molecule has 1 aromatic heterocycles. The lowest BCUT2D eigenvalue weighted by atomic mass is 10.2. The Labute approximate surface area is 134 Å². The minimum atomic E-state index is 0.431. The van der Waals surface area contributed by atoms with Crippen LogP contribution in [0.4, 0.5) is 0 Å². The van der Waals surface area contributed by atoms with Crippen molar-refractivity contribution in [3.63, 3.8) is 0 Å². The summed E-state index contributed by atoms with van der Waals surface area (Å²) in [6.45, 7) is 3.27. The van der Waals surface area contributed by atoms with Crippen molar-refractivity contribution >= 4 is 17.3 Å². The monoisotopic (exact) mass is 319 g/mol. The first kappa shape index (κ1) is 16.2. The zero-order valence-corrected chi connectivity index (χ0v) is 13.9. The topological polar surface area (TPSA) is 68.9 Å². The fourth-order valence-corrected chi connectivity index (χ4v) is 2.80. The summed E-state index contributed by atoms with van der Waals surface area (Å²) < 4.78 is 10.5. The van der Waals surface area contributed by atoms with Gasteiger partial charge in [0.2, 0.25) is 0 Å². The zero-order chi connectivity index (χ0) is 15.9. The van der Waals surface area contributed by atoms with E-state index in [4.69, 9.17) is 15.2 Å². The molecular formula is C16H21N3O2S. The van der Waals surface area contributed by atoms with Crippen molar-refractivity contribution in [3.05, 3.63) is 45.6 Å². The van der Waals surface area contributed by atoms with Crippen LogP contribution in [0.1, 0.15) is 15.3 Å². The van der Waals surface area contributed by atoms with Gasteiger partial charge in [0.15, 0.2) is 17.5 Å². The van der Waals surface area contributed by atoms with Crippen LogP contribution < -0.4 is 20.5 Å². The number of aryl methyl sites for hydroxylation is 1. The SMILES string of the molecule is COc1ccc(CN=C(N)NCc2ccc(C)s2)cc1OC. The standard InChI is InChI=1S/C16H21N3O2S/c1-11-4-6-13(22-11)10-19-16(17)18-9-12-5-7-14(20-2)15(8-12)21-3/h4-8H,9-10H2,1-3H3,(H3,17,18,19). The zero-order valence-electron chi connectivity index (χ0n) is 13.1. The number of nitrogens with two attached hydrogens (primary N) is 1. The van der Waals surface area contributed by atoms with E-state index >= 15 is 0 Å². The number of methoxy groups -OCH3 is 2. The fraction of sp³-hybridized carbons (Fsp3) is 0.312. The van der Waals surface area contributed by atoms with Crippen LogP contribution in [0.15, 0.2) is 35.3 Å². The molecule has 118 valence electrons. The smallest absolute Gasteiger partial charge is 0.189 e. The van der Waals surface area contributed by atoms with Gasteiger partial charge in [0, 0.05) is 9.75 Å². The number of rotatable bonds is 6. The maximum atomic E-state index is 5.89. The maximum absolute atomic E-state index is 5.89. The van der Waals surface area contributed by atoms with Crippen LogP contribution >= 0.6 is 11.3 Å². The Morgan fingerprint density at radius 3 is 2.59 bits per heavy atom. The maximum Gasteiger partial charge on any atom is 0.189 e. The summed E-state index contributed by atoms with van der Waals surface area (Å²) in [6.07, 6.45) is 0. The molecule has 2 rings (SSSR count). The van der Waals surface area contributed by atoms with Crippen molar-refractivity contribution in [3.8, 4) is 11.5 Å². The molecule has 0 atom stereocenters. The second-order valence-electron chi connectivity index (χ2n) is 4.76. The minimum absolute atomic E-state index is 0.431. The molecule has 1 aromatic carbocycles. The van der Waals surface area contributed by atoms with Gasteiger partial charge in [-0.2, -0.15) is 0 Å². The van der Waals surface area contributed by atoms with Crippen LogP contribution in [0.2, 0.25) is 0 Å². The lowest BCUT2D eigenvalue weighted by Crippen LogP contribution is -2.30. The van der Waals surface area contributed by atoms with E-state index in [1.165, 1.54) is 9.75 Å². The van der Waals surface area contributed by atoms with E-state index in [9.17, 15) is 0 Å². The first-order valence-electron chi connectivity index (χ1n) is 6.92. The fourth-order valence-electron chi connectivity index (χ4n) is 1.97. The van der Waals surface area contributed by atoms with Gasteiger partial charge in [0.1, 0.15) is 0 Å². The Balaban J connectivity index is 1.92. The third-order valence-electron chi connectivity index (χ3n) is 3.12. The highest BCUT2D eigenvalue weighted by atomic mass is 32.1. The second-order valence-corrected chi connectivity index (χ2v) is 6.13. The van der Waals surface area contributed by atoms with Crippen molar-refractivity contribution in [1.29, 1.82) is 0 Å². The molecule has 0 aliphatic rings. The summed E-state index contributed by atoms with van der Waals surface area (Å²) in [5.41, 5.74) is 6.90. The summed E-state index contributed by atoms with van der Waals surface area (Å²) in [5, 5.41) is 3.12. The number of benzene rings is 1. The summed E-state index contributed by atoms with van der Waals surface area (Å²) in [4.78, 5) is 6.87. The molecule has 22 heavy (non-hydrogen) atoms. The summed E-state index contributed by atoms with van der Waals surface area (Å²) in [5.74, 6) is 1.83. The number of guanidine groups is 1. The Morgan fingerprint density at radius 1 is 1.18 bits per heavy atom. The molecule has 6 heteroatoms. The Bertz CT molecular complexity index is 653. The van der Waals surface area contributed by atoms with Gasteiger partial charge >= 0.3 is 0 Å². The molecule has 0 saturated heterocycles.